The van der Waals surface area contributed by atoms with E-state index in [4.69, 9.17) is 16.3 Å². The number of nitrogens with zero attached hydrogens (tertiary/aromatic N) is 1. The molecule has 0 fully saturated rings. The SMILES string of the molecule is COc1ccc(O)c(/C=N/NC(=O)c2ccc(Cl)cc2)c1. The van der Waals surface area contributed by atoms with E-state index >= 15 is 0 Å². The Bertz CT molecular complexity index is 669. The predicted octanol–water partition coefficient (Wildman–Crippen LogP) is 2.82. The molecule has 0 unspecified atom stereocenters. The van der Waals surface area contributed by atoms with Gasteiger partial charge in [0.1, 0.15) is 11.5 Å². The van der Waals surface area contributed by atoms with Crippen LogP contribution >= 0.6 is 11.6 Å². The zero-order valence-corrected chi connectivity index (χ0v) is 12.0. The summed E-state index contributed by atoms with van der Waals surface area (Å²) < 4.78 is 5.05. The van der Waals surface area contributed by atoms with Gasteiger partial charge in [0.15, 0.2) is 0 Å². The molecule has 0 heterocycles. The highest BCUT2D eigenvalue weighted by Gasteiger charge is 2.04. The van der Waals surface area contributed by atoms with Crippen LogP contribution in [0.5, 0.6) is 11.5 Å². The van der Waals surface area contributed by atoms with Gasteiger partial charge >= 0.3 is 0 Å². The Hall–Kier alpha value is -2.53. The van der Waals surface area contributed by atoms with Gasteiger partial charge < -0.3 is 9.84 Å². The quantitative estimate of drug-likeness (QED) is 0.674. The van der Waals surface area contributed by atoms with Gasteiger partial charge in [0.2, 0.25) is 0 Å². The van der Waals surface area contributed by atoms with Crippen molar-refractivity contribution in [3.63, 3.8) is 0 Å². The number of nitrogens with one attached hydrogen (secondary N) is 1. The van der Waals surface area contributed by atoms with Gasteiger partial charge in [0, 0.05) is 16.1 Å². The van der Waals surface area contributed by atoms with Gasteiger partial charge in [-0.3, -0.25) is 4.79 Å². The molecule has 5 nitrogen and oxygen atoms in total. The number of aromatic hydroxyl groups is 1. The van der Waals surface area contributed by atoms with E-state index in [1.807, 2.05) is 0 Å². The van der Waals surface area contributed by atoms with Crippen molar-refractivity contribution in [3.05, 3.63) is 58.6 Å². The highest BCUT2D eigenvalue weighted by atomic mass is 35.5. The van der Waals surface area contributed by atoms with Gasteiger partial charge in [-0.25, -0.2) is 5.43 Å². The summed E-state index contributed by atoms with van der Waals surface area (Å²) in [6.07, 6.45) is 1.34. The van der Waals surface area contributed by atoms with Gasteiger partial charge in [0.05, 0.1) is 13.3 Å². The number of rotatable bonds is 4. The fourth-order valence-electron chi connectivity index (χ4n) is 1.59. The van der Waals surface area contributed by atoms with Crippen LogP contribution in [0.2, 0.25) is 5.02 Å². The third-order valence-corrected chi connectivity index (χ3v) is 2.96. The standard InChI is InChI=1S/C15H13ClN2O3/c1-21-13-6-7-14(19)11(8-13)9-17-18-15(20)10-2-4-12(16)5-3-10/h2-9,19H,1H3,(H,18,20)/b17-9+. The van der Waals surface area contributed by atoms with E-state index in [0.29, 0.717) is 21.9 Å². The molecule has 21 heavy (non-hydrogen) atoms. The number of hydrogen-bond acceptors (Lipinski definition) is 4. The maximum atomic E-state index is 11.8. The van der Waals surface area contributed by atoms with E-state index < -0.39 is 0 Å². The molecule has 2 aromatic carbocycles. The van der Waals surface area contributed by atoms with E-state index in [1.165, 1.54) is 19.4 Å². The second-order valence-electron chi connectivity index (χ2n) is 4.13. The van der Waals surface area contributed by atoms with Crippen molar-refractivity contribution < 1.29 is 14.6 Å². The molecule has 0 radical (unpaired) electrons. The molecule has 1 amide bonds. The van der Waals surface area contributed by atoms with E-state index in [0.717, 1.165) is 0 Å². The first-order chi connectivity index (χ1) is 10.1. The maximum Gasteiger partial charge on any atom is 0.271 e. The Balaban J connectivity index is 2.05. The largest absolute Gasteiger partial charge is 0.507 e. The Morgan fingerprint density at radius 3 is 2.67 bits per heavy atom. The maximum absolute atomic E-state index is 11.8. The summed E-state index contributed by atoms with van der Waals surface area (Å²) in [4.78, 5) is 11.8. The summed E-state index contributed by atoms with van der Waals surface area (Å²) >= 11 is 5.75. The third kappa shape index (κ3) is 3.97. The topological polar surface area (TPSA) is 70.9 Å². The Labute approximate surface area is 126 Å². The number of phenolic OH excluding ortho intramolecular Hbond substituents is 1. The number of carbonyl (C=O) groups is 1. The molecule has 0 spiro atoms. The van der Waals surface area contributed by atoms with Crippen LogP contribution in [-0.2, 0) is 0 Å². The van der Waals surface area contributed by atoms with Crippen LogP contribution in [0.4, 0.5) is 0 Å². The second-order valence-corrected chi connectivity index (χ2v) is 4.57. The highest BCUT2D eigenvalue weighted by Crippen LogP contribution is 2.20. The van der Waals surface area contributed by atoms with Gasteiger partial charge in [-0.05, 0) is 42.5 Å². The number of methoxy groups -OCH3 is 1. The molecule has 0 bridgehead atoms. The van der Waals surface area contributed by atoms with Crippen molar-refractivity contribution >= 4 is 23.7 Å². The number of benzene rings is 2. The molecular weight excluding hydrogens is 292 g/mol. The first kappa shape index (κ1) is 14.9. The molecule has 0 aliphatic heterocycles. The Kier molecular flexibility index (Phi) is 4.79. The van der Waals surface area contributed by atoms with E-state index in [-0.39, 0.29) is 11.7 Å². The lowest BCUT2D eigenvalue weighted by atomic mass is 10.2. The van der Waals surface area contributed by atoms with Crippen molar-refractivity contribution in [2.75, 3.05) is 7.11 Å². The molecule has 0 atom stereocenters. The van der Waals surface area contributed by atoms with Crippen molar-refractivity contribution in [1.82, 2.24) is 5.43 Å². The van der Waals surface area contributed by atoms with Gasteiger partial charge in [-0.2, -0.15) is 5.10 Å². The number of phenols is 1. The molecule has 2 aromatic rings. The van der Waals surface area contributed by atoms with Crippen LogP contribution in [-0.4, -0.2) is 24.3 Å². The van der Waals surface area contributed by atoms with Crippen molar-refractivity contribution in [2.24, 2.45) is 5.10 Å². The summed E-state index contributed by atoms with van der Waals surface area (Å²) in [6.45, 7) is 0. The number of hydrogen-bond donors (Lipinski definition) is 2. The average molecular weight is 305 g/mol. The Morgan fingerprint density at radius 1 is 1.29 bits per heavy atom. The van der Waals surface area contributed by atoms with Gasteiger partial charge in [-0.1, -0.05) is 11.6 Å². The minimum atomic E-state index is -0.370. The molecule has 2 N–H and O–H groups in total. The van der Waals surface area contributed by atoms with Crippen LogP contribution in [0.1, 0.15) is 15.9 Å². The number of ether oxygens (including phenoxy) is 1. The van der Waals surface area contributed by atoms with Crippen LogP contribution < -0.4 is 10.2 Å². The van der Waals surface area contributed by atoms with Crippen molar-refractivity contribution in [3.8, 4) is 11.5 Å². The summed E-state index contributed by atoms with van der Waals surface area (Å²) in [7, 11) is 1.52. The fraction of sp³-hybridized carbons (Fsp3) is 0.0667. The first-order valence-electron chi connectivity index (χ1n) is 6.06. The summed E-state index contributed by atoms with van der Waals surface area (Å²) in [6, 6.07) is 11.1. The molecule has 0 saturated carbocycles. The minimum Gasteiger partial charge on any atom is -0.507 e. The van der Waals surface area contributed by atoms with Crippen molar-refractivity contribution in [2.45, 2.75) is 0 Å². The van der Waals surface area contributed by atoms with Crippen molar-refractivity contribution in [1.29, 1.82) is 0 Å². The molecule has 6 heteroatoms. The lowest BCUT2D eigenvalue weighted by Crippen LogP contribution is -2.17. The van der Waals surface area contributed by atoms with Crippen LogP contribution in [0.3, 0.4) is 0 Å². The molecule has 108 valence electrons. The number of halogens is 1. The minimum absolute atomic E-state index is 0.0419. The van der Waals surface area contributed by atoms with Crippen LogP contribution in [0.25, 0.3) is 0 Å². The Morgan fingerprint density at radius 2 is 2.00 bits per heavy atom. The molecule has 2 rings (SSSR count). The van der Waals surface area contributed by atoms with Crippen LogP contribution in [0.15, 0.2) is 47.6 Å². The lowest BCUT2D eigenvalue weighted by Gasteiger charge is -2.03. The monoisotopic (exact) mass is 304 g/mol. The predicted molar refractivity (Wildman–Crippen MR) is 81.2 cm³/mol. The molecule has 0 aliphatic carbocycles. The smallest absolute Gasteiger partial charge is 0.271 e. The molecule has 0 saturated heterocycles. The fourth-order valence-corrected chi connectivity index (χ4v) is 1.72. The lowest BCUT2D eigenvalue weighted by molar-refractivity contribution is 0.0955. The van der Waals surface area contributed by atoms with Gasteiger partial charge in [-0.15, -0.1) is 0 Å². The third-order valence-electron chi connectivity index (χ3n) is 2.71. The molecular formula is C15H13ClN2O3. The number of amides is 1. The summed E-state index contributed by atoms with van der Waals surface area (Å²) in [5.74, 6) is 0.254. The van der Waals surface area contributed by atoms with E-state index in [9.17, 15) is 9.90 Å². The second kappa shape index (κ2) is 6.76. The molecule has 0 aliphatic rings. The highest BCUT2D eigenvalue weighted by molar-refractivity contribution is 6.30. The number of carbonyl (C=O) groups excluding carboxylic acids is 1. The first-order valence-corrected chi connectivity index (χ1v) is 6.44. The van der Waals surface area contributed by atoms with E-state index in [2.05, 4.69) is 10.5 Å². The average Bonchev–Trinajstić information content (AvgIpc) is 2.49. The van der Waals surface area contributed by atoms with E-state index in [1.54, 1.807) is 36.4 Å². The summed E-state index contributed by atoms with van der Waals surface area (Å²) in [5.41, 5.74) is 3.24. The van der Waals surface area contributed by atoms with Gasteiger partial charge in [0.25, 0.3) is 5.91 Å². The zero-order chi connectivity index (χ0) is 15.2. The van der Waals surface area contributed by atoms with Crippen LogP contribution in [0, 0.1) is 0 Å². The molecule has 0 aromatic heterocycles. The number of hydrazone groups is 1. The normalized spacial score (nSPS) is 10.6. The zero-order valence-electron chi connectivity index (χ0n) is 11.2. The summed E-state index contributed by atoms with van der Waals surface area (Å²) in [5, 5.41) is 14.0.